The molecule has 0 N–H and O–H groups in total. The fraction of sp³-hybridized carbons (Fsp3) is 0.571. The first-order valence-corrected chi connectivity index (χ1v) is 8.02. The molecule has 3 heteroatoms. The van der Waals surface area contributed by atoms with E-state index in [1.54, 1.807) is 0 Å². The summed E-state index contributed by atoms with van der Waals surface area (Å²) in [6, 6.07) is 8.55. The molecule has 0 amide bonds. The van der Waals surface area contributed by atoms with Crippen LogP contribution in [0.3, 0.4) is 0 Å². The molecule has 0 aliphatic heterocycles. The van der Waals surface area contributed by atoms with Gasteiger partial charge in [-0.1, -0.05) is 50.9 Å². The van der Waals surface area contributed by atoms with Gasteiger partial charge in [-0.3, -0.25) is 0 Å². The summed E-state index contributed by atoms with van der Waals surface area (Å²) < 4.78 is 1.16. The Hall–Kier alpha value is 0.140. The summed E-state index contributed by atoms with van der Waals surface area (Å²) in [5.41, 5.74) is 1.37. The Morgan fingerprint density at radius 2 is 2.06 bits per heavy atom. The summed E-state index contributed by atoms with van der Waals surface area (Å²) in [6.45, 7) is 4.52. The summed E-state index contributed by atoms with van der Waals surface area (Å²) in [4.78, 5) is 2.40. The molecule has 0 saturated heterocycles. The Morgan fingerprint density at radius 1 is 1.29 bits per heavy atom. The Balaban J connectivity index is 2.32. The molecule has 1 atom stereocenters. The zero-order chi connectivity index (χ0) is 12.7. The fourth-order valence-electron chi connectivity index (χ4n) is 1.80. The lowest BCUT2D eigenvalue weighted by atomic mass is 10.1. The summed E-state index contributed by atoms with van der Waals surface area (Å²) in [5.74, 6) is 0.805. The maximum atomic E-state index is 3.51. The molecule has 0 bridgehead atoms. The standard InChI is InChI=1S/C14H21Br2N/c1-12(6-8-15)7-9-17(2)11-13-4-3-5-14(16)10-13/h3-5,10,12H,6-9,11H2,1-2H3. The van der Waals surface area contributed by atoms with Gasteiger partial charge in [0, 0.05) is 16.3 Å². The van der Waals surface area contributed by atoms with E-state index in [4.69, 9.17) is 0 Å². The van der Waals surface area contributed by atoms with Crippen LogP contribution >= 0.6 is 31.9 Å². The van der Waals surface area contributed by atoms with Crippen molar-refractivity contribution >= 4 is 31.9 Å². The highest BCUT2D eigenvalue weighted by atomic mass is 79.9. The molecule has 1 unspecified atom stereocenters. The number of hydrogen-bond donors (Lipinski definition) is 0. The quantitative estimate of drug-likeness (QED) is 0.636. The van der Waals surface area contributed by atoms with Crippen molar-refractivity contribution in [1.29, 1.82) is 0 Å². The van der Waals surface area contributed by atoms with Gasteiger partial charge < -0.3 is 4.90 Å². The molecule has 0 spiro atoms. The topological polar surface area (TPSA) is 3.24 Å². The van der Waals surface area contributed by atoms with Gasteiger partial charge in [0.25, 0.3) is 0 Å². The van der Waals surface area contributed by atoms with Crippen molar-refractivity contribution < 1.29 is 0 Å². The zero-order valence-electron chi connectivity index (χ0n) is 10.6. The lowest BCUT2D eigenvalue weighted by Gasteiger charge is -2.19. The number of alkyl halides is 1. The number of halogens is 2. The minimum absolute atomic E-state index is 0.805. The van der Waals surface area contributed by atoms with Crippen molar-refractivity contribution in [1.82, 2.24) is 4.90 Å². The maximum absolute atomic E-state index is 3.51. The van der Waals surface area contributed by atoms with E-state index in [-0.39, 0.29) is 0 Å². The second kappa shape index (κ2) is 8.28. The minimum atomic E-state index is 0.805. The van der Waals surface area contributed by atoms with Crippen LogP contribution in [-0.4, -0.2) is 23.8 Å². The van der Waals surface area contributed by atoms with Gasteiger partial charge in [0.15, 0.2) is 0 Å². The van der Waals surface area contributed by atoms with Gasteiger partial charge in [0.1, 0.15) is 0 Å². The Bertz CT molecular complexity index is 328. The van der Waals surface area contributed by atoms with Crippen molar-refractivity contribution in [2.75, 3.05) is 18.9 Å². The summed E-state index contributed by atoms with van der Waals surface area (Å²) in [6.07, 6.45) is 2.54. The number of nitrogens with zero attached hydrogens (tertiary/aromatic N) is 1. The predicted molar refractivity (Wildman–Crippen MR) is 82.7 cm³/mol. The monoisotopic (exact) mass is 361 g/mol. The van der Waals surface area contributed by atoms with Gasteiger partial charge in [-0.05, 0) is 50.0 Å². The summed E-state index contributed by atoms with van der Waals surface area (Å²) in [5, 5.41) is 1.11. The predicted octanol–water partition coefficient (Wildman–Crippen LogP) is 4.69. The largest absolute Gasteiger partial charge is 0.302 e. The minimum Gasteiger partial charge on any atom is -0.302 e. The third-order valence-electron chi connectivity index (χ3n) is 2.95. The highest BCUT2D eigenvalue weighted by Crippen LogP contribution is 2.14. The van der Waals surface area contributed by atoms with Crippen LogP contribution in [0.15, 0.2) is 28.7 Å². The third-order valence-corrected chi connectivity index (χ3v) is 3.90. The SMILES string of the molecule is CC(CCBr)CCN(C)Cc1cccc(Br)c1. The summed E-state index contributed by atoms with van der Waals surface area (Å²) >= 11 is 7.01. The van der Waals surface area contributed by atoms with Crippen LogP contribution in [-0.2, 0) is 6.54 Å². The van der Waals surface area contributed by atoms with Crippen LogP contribution in [0.25, 0.3) is 0 Å². The van der Waals surface area contributed by atoms with E-state index < -0.39 is 0 Å². The molecule has 17 heavy (non-hydrogen) atoms. The molecule has 1 aromatic carbocycles. The number of hydrogen-bond acceptors (Lipinski definition) is 1. The van der Waals surface area contributed by atoms with Gasteiger partial charge in [0.2, 0.25) is 0 Å². The second-order valence-corrected chi connectivity index (χ2v) is 6.45. The molecule has 0 fully saturated rings. The van der Waals surface area contributed by atoms with Crippen molar-refractivity contribution in [3.63, 3.8) is 0 Å². The van der Waals surface area contributed by atoms with E-state index in [9.17, 15) is 0 Å². The van der Waals surface area contributed by atoms with E-state index in [1.807, 2.05) is 0 Å². The molecular weight excluding hydrogens is 342 g/mol. The number of rotatable bonds is 7. The average Bonchev–Trinajstić information content (AvgIpc) is 2.27. The molecule has 1 aromatic rings. The molecule has 96 valence electrons. The van der Waals surface area contributed by atoms with Crippen molar-refractivity contribution in [2.45, 2.75) is 26.3 Å². The molecule has 0 aliphatic carbocycles. The molecule has 0 heterocycles. The lowest BCUT2D eigenvalue weighted by molar-refractivity contribution is 0.297. The highest BCUT2D eigenvalue weighted by Gasteiger charge is 2.05. The molecule has 0 radical (unpaired) electrons. The smallest absolute Gasteiger partial charge is 0.0231 e. The van der Waals surface area contributed by atoms with Gasteiger partial charge >= 0.3 is 0 Å². The zero-order valence-corrected chi connectivity index (χ0v) is 13.8. The van der Waals surface area contributed by atoms with Crippen LogP contribution in [0.1, 0.15) is 25.3 Å². The normalized spacial score (nSPS) is 13.0. The van der Waals surface area contributed by atoms with Crippen LogP contribution in [0.2, 0.25) is 0 Å². The van der Waals surface area contributed by atoms with Gasteiger partial charge in [0.05, 0.1) is 0 Å². The van der Waals surface area contributed by atoms with E-state index >= 15 is 0 Å². The van der Waals surface area contributed by atoms with E-state index in [0.717, 1.165) is 22.3 Å². The van der Waals surface area contributed by atoms with E-state index in [0.29, 0.717) is 0 Å². The first kappa shape index (κ1) is 15.2. The molecule has 1 nitrogen and oxygen atoms in total. The number of benzene rings is 1. The Kier molecular flexibility index (Phi) is 7.40. The summed E-state index contributed by atoms with van der Waals surface area (Å²) in [7, 11) is 2.20. The van der Waals surface area contributed by atoms with Crippen LogP contribution < -0.4 is 0 Å². The third kappa shape index (κ3) is 6.58. The molecule has 1 rings (SSSR count). The first-order valence-electron chi connectivity index (χ1n) is 6.10. The Labute approximate surface area is 122 Å². The van der Waals surface area contributed by atoms with Crippen LogP contribution in [0.4, 0.5) is 0 Å². The Morgan fingerprint density at radius 3 is 2.71 bits per heavy atom. The van der Waals surface area contributed by atoms with Crippen LogP contribution in [0, 0.1) is 5.92 Å². The highest BCUT2D eigenvalue weighted by molar-refractivity contribution is 9.10. The first-order chi connectivity index (χ1) is 8.11. The van der Waals surface area contributed by atoms with Crippen molar-refractivity contribution in [3.8, 4) is 0 Å². The fourth-order valence-corrected chi connectivity index (χ4v) is 3.03. The molecular formula is C14H21Br2N. The molecule has 0 saturated carbocycles. The van der Waals surface area contributed by atoms with E-state index in [2.05, 4.69) is 75.0 Å². The van der Waals surface area contributed by atoms with Crippen molar-refractivity contribution in [3.05, 3.63) is 34.3 Å². The molecule has 0 aromatic heterocycles. The molecule has 0 aliphatic rings. The lowest BCUT2D eigenvalue weighted by Crippen LogP contribution is -2.20. The van der Waals surface area contributed by atoms with Crippen LogP contribution in [0.5, 0.6) is 0 Å². The average molecular weight is 363 g/mol. The van der Waals surface area contributed by atoms with E-state index in [1.165, 1.54) is 24.9 Å². The van der Waals surface area contributed by atoms with Crippen molar-refractivity contribution in [2.24, 2.45) is 5.92 Å². The maximum Gasteiger partial charge on any atom is 0.0231 e. The van der Waals surface area contributed by atoms with Gasteiger partial charge in [-0.2, -0.15) is 0 Å². The van der Waals surface area contributed by atoms with Gasteiger partial charge in [-0.15, -0.1) is 0 Å². The van der Waals surface area contributed by atoms with Gasteiger partial charge in [-0.25, -0.2) is 0 Å². The second-order valence-electron chi connectivity index (χ2n) is 4.74.